The molecule has 0 saturated carbocycles. The van der Waals surface area contributed by atoms with Crippen molar-refractivity contribution in [1.82, 2.24) is 10.2 Å². The van der Waals surface area contributed by atoms with Crippen LogP contribution in [0.2, 0.25) is 0 Å². The summed E-state index contributed by atoms with van der Waals surface area (Å²) >= 11 is 0. The molecule has 2 atom stereocenters. The molecule has 6 nitrogen and oxygen atoms in total. The zero-order valence-corrected chi connectivity index (χ0v) is 13.9. The molecule has 0 bridgehead atoms. The first-order valence-corrected chi connectivity index (χ1v) is 8.35. The molecule has 1 aliphatic heterocycles. The molecule has 1 aromatic carbocycles. The summed E-state index contributed by atoms with van der Waals surface area (Å²) in [7, 11) is 0. The molecule has 1 heterocycles. The lowest BCUT2D eigenvalue weighted by molar-refractivity contribution is -0.141. The zero-order valence-electron chi connectivity index (χ0n) is 13.9. The van der Waals surface area contributed by atoms with Gasteiger partial charge in [-0.15, -0.1) is 0 Å². The van der Waals surface area contributed by atoms with Gasteiger partial charge in [0.2, 0.25) is 11.8 Å². The number of likely N-dealkylation sites (tertiary alicyclic amines) is 1. The normalized spacial score (nSPS) is 20.0. The summed E-state index contributed by atoms with van der Waals surface area (Å²) in [4.78, 5) is 36.9. The van der Waals surface area contributed by atoms with Gasteiger partial charge in [0.1, 0.15) is 0 Å². The second kappa shape index (κ2) is 8.47. The number of carboxylic acid groups (broad SMARTS) is 1. The van der Waals surface area contributed by atoms with Gasteiger partial charge >= 0.3 is 5.97 Å². The fraction of sp³-hybridized carbons (Fsp3) is 0.500. The molecule has 1 saturated heterocycles. The summed E-state index contributed by atoms with van der Waals surface area (Å²) in [5.74, 6) is -1.78. The third-order valence-corrected chi connectivity index (χ3v) is 4.39. The smallest absolute Gasteiger partial charge is 0.308 e. The van der Waals surface area contributed by atoms with Gasteiger partial charge in [0, 0.05) is 38.4 Å². The topological polar surface area (TPSA) is 86.7 Å². The van der Waals surface area contributed by atoms with Gasteiger partial charge in [-0.1, -0.05) is 30.3 Å². The molecule has 0 radical (unpaired) electrons. The van der Waals surface area contributed by atoms with E-state index in [1.165, 1.54) is 0 Å². The van der Waals surface area contributed by atoms with E-state index in [9.17, 15) is 19.5 Å². The van der Waals surface area contributed by atoms with Crippen LogP contribution in [-0.2, 0) is 14.4 Å². The van der Waals surface area contributed by atoms with E-state index in [2.05, 4.69) is 5.32 Å². The molecule has 2 N–H and O–H groups in total. The fourth-order valence-corrected chi connectivity index (χ4v) is 3.14. The average Bonchev–Trinajstić information content (AvgIpc) is 3.01. The van der Waals surface area contributed by atoms with Crippen LogP contribution in [0.4, 0.5) is 0 Å². The van der Waals surface area contributed by atoms with E-state index in [0.717, 1.165) is 5.56 Å². The van der Waals surface area contributed by atoms with Crippen LogP contribution in [-0.4, -0.2) is 47.4 Å². The highest BCUT2D eigenvalue weighted by Gasteiger charge is 2.40. The molecule has 24 heavy (non-hydrogen) atoms. The molecule has 0 aliphatic carbocycles. The molecule has 0 spiro atoms. The van der Waals surface area contributed by atoms with Crippen molar-refractivity contribution < 1.29 is 19.5 Å². The quantitative estimate of drug-likeness (QED) is 0.794. The Kier molecular flexibility index (Phi) is 6.35. The summed E-state index contributed by atoms with van der Waals surface area (Å²) in [6, 6.07) is 9.46. The molecular weight excluding hydrogens is 308 g/mol. The highest BCUT2D eigenvalue weighted by Crippen LogP contribution is 2.33. The van der Waals surface area contributed by atoms with Crippen LogP contribution in [0.25, 0.3) is 0 Å². The van der Waals surface area contributed by atoms with Gasteiger partial charge in [0.15, 0.2) is 0 Å². The number of carbonyl (C=O) groups excluding carboxylic acids is 2. The maximum atomic E-state index is 12.3. The Hall–Kier alpha value is -2.37. The number of rotatable bonds is 7. The lowest BCUT2D eigenvalue weighted by Crippen LogP contribution is -2.30. The Morgan fingerprint density at radius 3 is 2.50 bits per heavy atom. The minimum absolute atomic E-state index is 0.0581. The molecule has 1 fully saturated rings. The van der Waals surface area contributed by atoms with Gasteiger partial charge in [0.05, 0.1) is 5.92 Å². The van der Waals surface area contributed by atoms with Crippen molar-refractivity contribution in [2.24, 2.45) is 5.92 Å². The van der Waals surface area contributed by atoms with Gasteiger partial charge in [0.25, 0.3) is 0 Å². The van der Waals surface area contributed by atoms with Crippen molar-refractivity contribution in [3.8, 4) is 0 Å². The third kappa shape index (κ3) is 4.57. The number of hydrogen-bond acceptors (Lipinski definition) is 3. The van der Waals surface area contributed by atoms with Gasteiger partial charge in [-0.2, -0.15) is 0 Å². The average molecular weight is 332 g/mol. The highest BCUT2D eigenvalue weighted by molar-refractivity contribution is 5.81. The number of nitrogens with zero attached hydrogens (tertiary/aromatic N) is 1. The van der Waals surface area contributed by atoms with Crippen molar-refractivity contribution in [1.29, 1.82) is 0 Å². The zero-order chi connectivity index (χ0) is 17.5. The Morgan fingerprint density at radius 1 is 1.17 bits per heavy atom. The monoisotopic (exact) mass is 332 g/mol. The lowest BCUT2D eigenvalue weighted by Gasteiger charge is -2.16. The third-order valence-electron chi connectivity index (χ3n) is 4.39. The predicted octanol–water partition coefficient (Wildman–Crippen LogP) is 1.62. The van der Waals surface area contributed by atoms with Gasteiger partial charge in [-0.25, -0.2) is 0 Å². The van der Waals surface area contributed by atoms with Crippen molar-refractivity contribution >= 4 is 17.8 Å². The summed E-state index contributed by atoms with van der Waals surface area (Å²) in [6.45, 7) is 3.08. The molecule has 2 amide bonds. The first-order valence-electron chi connectivity index (χ1n) is 8.35. The number of amides is 2. The van der Waals surface area contributed by atoms with Crippen molar-refractivity contribution in [2.45, 2.75) is 32.1 Å². The molecule has 2 unspecified atom stereocenters. The number of benzene rings is 1. The van der Waals surface area contributed by atoms with E-state index in [0.29, 0.717) is 25.9 Å². The van der Waals surface area contributed by atoms with E-state index in [1.54, 1.807) is 4.90 Å². The molecular formula is C18H24N2O4. The van der Waals surface area contributed by atoms with Crippen LogP contribution < -0.4 is 5.32 Å². The van der Waals surface area contributed by atoms with Crippen molar-refractivity contribution in [3.63, 3.8) is 0 Å². The Morgan fingerprint density at radius 2 is 1.88 bits per heavy atom. The van der Waals surface area contributed by atoms with Crippen LogP contribution >= 0.6 is 0 Å². The summed E-state index contributed by atoms with van der Waals surface area (Å²) in [6.07, 6.45) is 1.07. The van der Waals surface area contributed by atoms with E-state index in [4.69, 9.17) is 0 Å². The SMILES string of the molecule is CCNC(=O)CCCC(=O)N1CC(C(=O)O)C(c2ccccc2)C1. The van der Waals surface area contributed by atoms with Gasteiger partial charge < -0.3 is 15.3 Å². The summed E-state index contributed by atoms with van der Waals surface area (Å²) < 4.78 is 0. The summed E-state index contributed by atoms with van der Waals surface area (Å²) in [5.41, 5.74) is 0.947. The van der Waals surface area contributed by atoms with E-state index in [1.807, 2.05) is 37.3 Å². The molecule has 1 aromatic rings. The van der Waals surface area contributed by atoms with Crippen LogP contribution in [0.5, 0.6) is 0 Å². The van der Waals surface area contributed by atoms with Crippen LogP contribution in [0.3, 0.4) is 0 Å². The number of carbonyl (C=O) groups is 3. The number of hydrogen-bond donors (Lipinski definition) is 2. The minimum Gasteiger partial charge on any atom is -0.481 e. The first kappa shape index (κ1) is 18.0. The summed E-state index contributed by atoms with van der Waals surface area (Å²) in [5, 5.41) is 12.2. The predicted molar refractivity (Wildman–Crippen MR) is 89.4 cm³/mol. The number of carboxylic acids is 1. The number of nitrogens with one attached hydrogen (secondary N) is 1. The molecule has 6 heteroatoms. The first-order chi connectivity index (χ1) is 11.5. The second-order valence-corrected chi connectivity index (χ2v) is 6.07. The van der Waals surface area contributed by atoms with Gasteiger partial charge in [-0.3, -0.25) is 14.4 Å². The minimum atomic E-state index is -0.874. The maximum absolute atomic E-state index is 12.3. The largest absolute Gasteiger partial charge is 0.481 e. The molecule has 130 valence electrons. The Bertz CT molecular complexity index is 588. The maximum Gasteiger partial charge on any atom is 0.308 e. The Labute approximate surface area is 141 Å². The van der Waals surface area contributed by atoms with Crippen LogP contribution in [0.1, 0.15) is 37.7 Å². The van der Waals surface area contributed by atoms with E-state index >= 15 is 0 Å². The van der Waals surface area contributed by atoms with Crippen LogP contribution in [0, 0.1) is 5.92 Å². The van der Waals surface area contributed by atoms with E-state index in [-0.39, 0.29) is 30.7 Å². The van der Waals surface area contributed by atoms with Crippen LogP contribution in [0.15, 0.2) is 30.3 Å². The molecule has 2 rings (SSSR count). The Balaban J connectivity index is 1.93. The standard InChI is InChI=1S/C18H24N2O4/c1-2-19-16(21)9-6-10-17(22)20-11-14(15(12-20)18(23)24)13-7-4-3-5-8-13/h3-5,7-8,14-15H,2,6,9-12H2,1H3,(H,19,21)(H,23,24). The molecule has 0 aromatic heterocycles. The van der Waals surface area contributed by atoms with Gasteiger partial charge in [-0.05, 0) is 18.9 Å². The lowest BCUT2D eigenvalue weighted by atomic mass is 9.89. The number of aliphatic carboxylic acids is 1. The van der Waals surface area contributed by atoms with E-state index < -0.39 is 11.9 Å². The second-order valence-electron chi connectivity index (χ2n) is 6.07. The highest BCUT2D eigenvalue weighted by atomic mass is 16.4. The fourth-order valence-electron chi connectivity index (χ4n) is 3.14. The van der Waals surface area contributed by atoms with Crippen molar-refractivity contribution in [2.75, 3.05) is 19.6 Å². The molecule has 1 aliphatic rings. The van der Waals surface area contributed by atoms with Crippen molar-refractivity contribution in [3.05, 3.63) is 35.9 Å².